The van der Waals surface area contributed by atoms with Crippen LogP contribution in [0.3, 0.4) is 0 Å². The number of unbranched alkanes of at least 4 members (excludes halogenated alkanes) is 1. The molecule has 2 aliphatic heterocycles. The third-order valence-corrected chi connectivity index (χ3v) is 8.84. The predicted octanol–water partition coefficient (Wildman–Crippen LogP) is 8.17. The Bertz CT molecular complexity index is 1520. The molecule has 0 bridgehead atoms. The van der Waals surface area contributed by atoms with Crippen LogP contribution in [0.1, 0.15) is 79.2 Å². The average Bonchev–Trinajstić information content (AvgIpc) is 3.58. The van der Waals surface area contributed by atoms with Crippen LogP contribution in [0.5, 0.6) is 0 Å². The molecular formula is C37H50F2N6O. The van der Waals surface area contributed by atoms with Gasteiger partial charge >= 0.3 is 0 Å². The Balaban J connectivity index is 1.58. The smallest absolute Gasteiger partial charge is 0.236 e. The molecule has 1 amide bonds. The van der Waals surface area contributed by atoms with Crippen molar-refractivity contribution in [3.05, 3.63) is 82.4 Å². The molecule has 0 unspecified atom stereocenters. The number of anilines is 2. The lowest BCUT2D eigenvalue weighted by atomic mass is 10.0. The van der Waals surface area contributed by atoms with Crippen LogP contribution in [-0.4, -0.2) is 64.4 Å². The standard InChI is InChI=1S/C37H50F2N6O/c1-8-10-13-31(15-14-29-23-43(19-16-26(29)5)24-35(46)44-17-11-12-18-44)41-37-40-22-33(39)36(42-37)30-20-32(38)28(7)34(21-30)45(25(3)4)27(6)9-2/h9,13-15,20-22,25H,8,10-12,16-19,23-24H2,1-7H3,(H,40,41,42)/b15-14-,27-9-,31-13-. The summed E-state index contributed by atoms with van der Waals surface area (Å²) in [5.74, 6) is -0.610. The molecule has 0 radical (unpaired) electrons. The van der Waals surface area contributed by atoms with E-state index in [0.717, 1.165) is 69.3 Å². The van der Waals surface area contributed by atoms with Gasteiger partial charge in [0, 0.05) is 60.4 Å². The Kier molecular flexibility index (Phi) is 12.3. The fourth-order valence-electron chi connectivity index (χ4n) is 6.00. The van der Waals surface area contributed by atoms with Crippen molar-refractivity contribution < 1.29 is 13.6 Å². The van der Waals surface area contributed by atoms with Crippen LogP contribution in [0.4, 0.5) is 20.4 Å². The molecule has 1 aromatic carbocycles. The summed E-state index contributed by atoms with van der Waals surface area (Å²) in [7, 11) is 0. The summed E-state index contributed by atoms with van der Waals surface area (Å²) in [4.78, 5) is 27.8. The largest absolute Gasteiger partial charge is 0.343 e. The van der Waals surface area contributed by atoms with Gasteiger partial charge in [-0.3, -0.25) is 9.69 Å². The Labute approximate surface area is 273 Å². The number of carbonyl (C=O) groups is 1. The number of amides is 1. The van der Waals surface area contributed by atoms with E-state index in [1.54, 1.807) is 13.0 Å². The van der Waals surface area contributed by atoms with Crippen molar-refractivity contribution in [1.29, 1.82) is 0 Å². The number of carbonyl (C=O) groups excluding carboxylic acids is 1. The average molecular weight is 633 g/mol. The van der Waals surface area contributed by atoms with Gasteiger partial charge in [-0.1, -0.05) is 37.1 Å². The number of nitrogens with zero attached hydrogens (tertiary/aromatic N) is 5. The first kappa shape index (κ1) is 35.0. The lowest BCUT2D eigenvalue weighted by Crippen LogP contribution is -2.41. The zero-order valence-corrected chi connectivity index (χ0v) is 28.6. The highest BCUT2D eigenvalue weighted by Crippen LogP contribution is 2.34. The van der Waals surface area contributed by atoms with Gasteiger partial charge in [0.1, 0.15) is 11.5 Å². The van der Waals surface area contributed by atoms with E-state index in [0.29, 0.717) is 29.9 Å². The Morgan fingerprint density at radius 3 is 2.54 bits per heavy atom. The van der Waals surface area contributed by atoms with Crippen molar-refractivity contribution in [3.8, 4) is 11.3 Å². The van der Waals surface area contributed by atoms with Crippen LogP contribution in [0, 0.1) is 18.6 Å². The van der Waals surface area contributed by atoms with Gasteiger partial charge in [0.05, 0.1) is 12.7 Å². The van der Waals surface area contributed by atoms with Gasteiger partial charge in [0.2, 0.25) is 11.9 Å². The highest BCUT2D eigenvalue weighted by molar-refractivity contribution is 5.78. The fraction of sp³-hybridized carbons (Fsp3) is 0.486. The number of benzene rings is 1. The number of rotatable bonds is 12. The van der Waals surface area contributed by atoms with Gasteiger partial charge < -0.3 is 15.1 Å². The number of allylic oxidation sites excluding steroid dienone is 4. The van der Waals surface area contributed by atoms with Crippen molar-refractivity contribution >= 4 is 17.5 Å². The number of hydrogen-bond acceptors (Lipinski definition) is 6. The third kappa shape index (κ3) is 8.69. The minimum Gasteiger partial charge on any atom is -0.343 e. The topological polar surface area (TPSA) is 64.6 Å². The summed E-state index contributed by atoms with van der Waals surface area (Å²) in [6.07, 6.45) is 14.1. The summed E-state index contributed by atoms with van der Waals surface area (Å²) in [5, 5.41) is 3.27. The second-order valence-electron chi connectivity index (χ2n) is 12.6. The molecule has 7 nitrogen and oxygen atoms in total. The zero-order chi connectivity index (χ0) is 33.4. The minimum absolute atomic E-state index is 0.0300. The van der Waals surface area contributed by atoms with Gasteiger partial charge in [-0.25, -0.2) is 18.7 Å². The predicted molar refractivity (Wildman–Crippen MR) is 184 cm³/mol. The first-order chi connectivity index (χ1) is 22.0. The first-order valence-electron chi connectivity index (χ1n) is 16.6. The van der Waals surface area contributed by atoms with Crippen LogP contribution in [0.15, 0.2) is 65.2 Å². The maximum absolute atomic E-state index is 15.3. The van der Waals surface area contributed by atoms with Gasteiger partial charge in [-0.2, -0.15) is 0 Å². The lowest BCUT2D eigenvalue weighted by Gasteiger charge is -2.31. The van der Waals surface area contributed by atoms with Crippen LogP contribution in [-0.2, 0) is 4.79 Å². The Hall–Kier alpha value is -3.85. The second kappa shape index (κ2) is 16.1. The van der Waals surface area contributed by atoms with Crippen molar-refractivity contribution in [3.63, 3.8) is 0 Å². The number of halogens is 2. The third-order valence-electron chi connectivity index (χ3n) is 8.84. The number of hydrogen-bond donors (Lipinski definition) is 1. The zero-order valence-electron chi connectivity index (χ0n) is 28.6. The molecule has 3 heterocycles. The molecule has 46 heavy (non-hydrogen) atoms. The maximum atomic E-state index is 15.3. The monoisotopic (exact) mass is 632 g/mol. The summed E-state index contributed by atoms with van der Waals surface area (Å²) in [6.45, 7) is 17.7. The molecule has 2 aromatic rings. The summed E-state index contributed by atoms with van der Waals surface area (Å²) in [5.41, 5.74) is 5.78. The molecule has 1 fully saturated rings. The normalized spacial score (nSPS) is 16.7. The summed E-state index contributed by atoms with van der Waals surface area (Å²) < 4.78 is 30.5. The second-order valence-corrected chi connectivity index (χ2v) is 12.6. The maximum Gasteiger partial charge on any atom is 0.236 e. The molecule has 4 rings (SSSR count). The molecule has 2 aliphatic rings. The molecule has 0 saturated carbocycles. The van der Waals surface area contributed by atoms with E-state index < -0.39 is 11.6 Å². The molecule has 248 valence electrons. The van der Waals surface area contributed by atoms with Crippen molar-refractivity contribution in [2.75, 3.05) is 42.9 Å². The van der Waals surface area contributed by atoms with Crippen LogP contribution in [0.2, 0.25) is 0 Å². The van der Waals surface area contributed by atoms with Crippen molar-refractivity contribution in [2.45, 2.75) is 86.6 Å². The quantitative estimate of drug-likeness (QED) is 0.238. The van der Waals surface area contributed by atoms with E-state index in [-0.39, 0.29) is 23.6 Å². The van der Waals surface area contributed by atoms with Crippen molar-refractivity contribution in [2.24, 2.45) is 0 Å². The molecule has 0 spiro atoms. The Morgan fingerprint density at radius 1 is 1.13 bits per heavy atom. The molecule has 9 heteroatoms. The summed E-state index contributed by atoms with van der Waals surface area (Å²) in [6, 6.07) is 3.20. The molecule has 0 atom stereocenters. The molecular weight excluding hydrogens is 582 g/mol. The molecule has 0 aliphatic carbocycles. The van der Waals surface area contributed by atoms with Crippen LogP contribution in [0.25, 0.3) is 11.3 Å². The van der Waals surface area contributed by atoms with E-state index >= 15 is 8.78 Å². The number of nitrogens with one attached hydrogen (secondary N) is 1. The SMILES string of the molecule is C/C=C(/C)N(c1cc(-c2nc(NC(/C=C\C3=C(C)CCN(CC(=O)N4CCCC4)C3)=C\CCC)ncc2F)cc(F)c1C)C(C)C. The number of aromatic nitrogens is 2. The Morgan fingerprint density at radius 2 is 1.87 bits per heavy atom. The van der Waals surface area contributed by atoms with Gasteiger partial charge in [0.15, 0.2) is 5.82 Å². The van der Waals surface area contributed by atoms with Gasteiger partial charge in [0.25, 0.3) is 0 Å². The van der Waals surface area contributed by atoms with E-state index in [1.807, 2.05) is 49.6 Å². The first-order valence-corrected chi connectivity index (χ1v) is 16.6. The number of likely N-dealkylation sites (tertiary alicyclic amines) is 1. The van der Waals surface area contributed by atoms with Gasteiger partial charge in [-0.15, -0.1) is 0 Å². The van der Waals surface area contributed by atoms with Crippen LogP contribution >= 0.6 is 0 Å². The van der Waals surface area contributed by atoms with E-state index in [2.05, 4.69) is 46.2 Å². The fourth-order valence-corrected chi connectivity index (χ4v) is 6.00. The van der Waals surface area contributed by atoms with Crippen molar-refractivity contribution in [1.82, 2.24) is 19.8 Å². The van der Waals surface area contributed by atoms with E-state index in [9.17, 15) is 4.79 Å². The molecule has 1 saturated heterocycles. The van der Waals surface area contributed by atoms with E-state index in [1.165, 1.54) is 17.2 Å². The molecule has 1 aromatic heterocycles. The highest BCUT2D eigenvalue weighted by Gasteiger charge is 2.23. The molecule has 1 N–H and O–H groups in total. The van der Waals surface area contributed by atoms with Crippen LogP contribution < -0.4 is 10.2 Å². The van der Waals surface area contributed by atoms with Gasteiger partial charge in [-0.05, 0) is 91.0 Å². The summed E-state index contributed by atoms with van der Waals surface area (Å²) >= 11 is 0. The minimum atomic E-state index is -0.625. The lowest BCUT2D eigenvalue weighted by molar-refractivity contribution is -0.131. The highest BCUT2D eigenvalue weighted by atomic mass is 19.1. The van der Waals surface area contributed by atoms with E-state index in [4.69, 9.17) is 0 Å².